The molecule has 8 heteroatoms. The molecule has 2 aromatic carbocycles. The van der Waals surface area contributed by atoms with E-state index in [0.29, 0.717) is 15.9 Å². The molecule has 2 heterocycles. The Labute approximate surface area is 165 Å². The number of para-hydroxylation sites is 2. The average Bonchev–Trinajstić information content (AvgIpc) is 2.97. The summed E-state index contributed by atoms with van der Waals surface area (Å²) in [4.78, 5) is 34.4. The molecule has 0 saturated heterocycles. The minimum Gasteiger partial charge on any atom is -0.333 e. The van der Waals surface area contributed by atoms with Crippen LogP contribution < -0.4 is 10.2 Å². The number of carbonyl (C=O) groups is 2. The second-order valence-corrected chi connectivity index (χ2v) is 7.77. The van der Waals surface area contributed by atoms with Gasteiger partial charge in [0.2, 0.25) is 11.8 Å². The summed E-state index contributed by atoms with van der Waals surface area (Å²) in [7, 11) is 0. The molecule has 27 heavy (non-hydrogen) atoms. The molecule has 0 fully saturated rings. The number of nitrogens with one attached hydrogen (secondary N) is 2. The molecule has 1 atom stereocenters. The first-order valence-electron chi connectivity index (χ1n) is 8.50. The number of aromatic nitrogens is 2. The number of imidazole rings is 1. The monoisotopic (exact) mass is 400 g/mol. The van der Waals surface area contributed by atoms with Crippen molar-refractivity contribution in [2.75, 3.05) is 16.0 Å². The molecule has 3 aromatic rings. The summed E-state index contributed by atoms with van der Waals surface area (Å²) in [5, 5.41) is 4.15. The molecule has 0 bridgehead atoms. The molecule has 2 amide bonds. The van der Waals surface area contributed by atoms with E-state index in [1.165, 1.54) is 11.8 Å². The Morgan fingerprint density at radius 2 is 2.15 bits per heavy atom. The Balaban J connectivity index is 1.55. The van der Waals surface area contributed by atoms with E-state index in [4.69, 9.17) is 11.6 Å². The number of fused-ring (bicyclic) bond motifs is 2. The van der Waals surface area contributed by atoms with E-state index < -0.39 is 0 Å². The molecular weight excluding hydrogens is 384 g/mol. The van der Waals surface area contributed by atoms with Crippen LogP contribution in [0.5, 0.6) is 0 Å². The number of aromatic amines is 1. The highest BCUT2D eigenvalue weighted by atomic mass is 35.5. The fourth-order valence-corrected chi connectivity index (χ4v) is 4.11. The third-order valence-electron chi connectivity index (χ3n) is 4.38. The van der Waals surface area contributed by atoms with E-state index in [-0.39, 0.29) is 30.0 Å². The van der Waals surface area contributed by atoms with Gasteiger partial charge in [-0.1, -0.05) is 35.5 Å². The maximum atomic E-state index is 13.0. The maximum Gasteiger partial charge on any atom is 0.237 e. The molecule has 0 spiro atoms. The van der Waals surface area contributed by atoms with Gasteiger partial charge in [0, 0.05) is 17.5 Å². The van der Waals surface area contributed by atoms with Gasteiger partial charge in [0.25, 0.3) is 0 Å². The van der Waals surface area contributed by atoms with E-state index >= 15 is 0 Å². The van der Waals surface area contributed by atoms with Gasteiger partial charge in [0.15, 0.2) is 5.16 Å². The Bertz CT molecular complexity index is 1040. The number of hydrogen-bond donors (Lipinski definition) is 2. The van der Waals surface area contributed by atoms with Gasteiger partial charge in [-0.25, -0.2) is 4.98 Å². The predicted molar refractivity (Wildman–Crippen MR) is 108 cm³/mol. The molecule has 1 aliphatic heterocycles. The standard InChI is InChI=1S/C19H17ClN4O2S/c1-11-8-17(25)21-14-4-2-3-5-16(14)24(11)18(26)10-27-19-22-13-7-6-12(20)9-15(13)23-19/h2-7,9,11H,8,10H2,1H3,(H,21,25)(H,22,23)/t11-/m1/s1. The third-order valence-corrected chi connectivity index (χ3v) is 5.48. The summed E-state index contributed by atoms with van der Waals surface area (Å²) < 4.78 is 0. The Morgan fingerprint density at radius 1 is 1.33 bits per heavy atom. The number of anilines is 2. The van der Waals surface area contributed by atoms with Crippen LogP contribution in [0.15, 0.2) is 47.6 Å². The van der Waals surface area contributed by atoms with Crippen molar-refractivity contribution >= 4 is 57.6 Å². The van der Waals surface area contributed by atoms with Gasteiger partial charge >= 0.3 is 0 Å². The van der Waals surface area contributed by atoms with Crippen molar-refractivity contribution in [1.29, 1.82) is 0 Å². The first-order chi connectivity index (χ1) is 13.0. The van der Waals surface area contributed by atoms with Crippen molar-refractivity contribution in [1.82, 2.24) is 9.97 Å². The lowest BCUT2D eigenvalue weighted by Gasteiger charge is -2.27. The largest absolute Gasteiger partial charge is 0.333 e. The van der Waals surface area contributed by atoms with E-state index in [2.05, 4.69) is 15.3 Å². The maximum absolute atomic E-state index is 13.0. The number of carbonyl (C=O) groups excluding carboxylic acids is 2. The summed E-state index contributed by atoms with van der Waals surface area (Å²) in [6, 6.07) is 12.6. The SMILES string of the molecule is C[C@@H]1CC(=O)Nc2ccccc2N1C(=O)CSc1nc2ccc(Cl)cc2[nH]1. The van der Waals surface area contributed by atoms with Gasteiger partial charge in [-0.2, -0.15) is 0 Å². The quantitative estimate of drug-likeness (QED) is 0.649. The van der Waals surface area contributed by atoms with Gasteiger partial charge in [0.1, 0.15) is 0 Å². The number of halogens is 1. The Morgan fingerprint density at radius 3 is 3.00 bits per heavy atom. The van der Waals surface area contributed by atoms with Crippen LogP contribution in [0.1, 0.15) is 13.3 Å². The van der Waals surface area contributed by atoms with Crippen molar-refractivity contribution in [3.63, 3.8) is 0 Å². The van der Waals surface area contributed by atoms with Crippen molar-refractivity contribution in [2.24, 2.45) is 0 Å². The number of amides is 2. The van der Waals surface area contributed by atoms with Crippen LogP contribution >= 0.6 is 23.4 Å². The molecule has 0 saturated carbocycles. The van der Waals surface area contributed by atoms with Crippen molar-refractivity contribution in [3.05, 3.63) is 47.5 Å². The van der Waals surface area contributed by atoms with Gasteiger partial charge < -0.3 is 15.2 Å². The molecular formula is C19H17ClN4O2S. The van der Waals surface area contributed by atoms with Gasteiger partial charge in [-0.3, -0.25) is 9.59 Å². The minimum absolute atomic E-state index is 0.0741. The fourth-order valence-electron chi connectivity index (χ4n) is 3.19. The lowest BCUT2D eigenvalue weighted by Crippen LogP contribution is -2.40. The van der Waals surface area contributed by atoms with E-state index in [1.54, 1.807) is 17.0 Å². The van der Waals surface area contributed by atoms with Crippen LogP contribution in [0.4, 0.5) is 11.4 Å². The molecule has 0 radical (unpaired) electrons. The molecule has 0 unspecified atom stereocenters. The predicted octanol–water partition coefficient (Wildman–Crippen LogP) is 4.07. The molecule has 6 nitrogen and oxygen atoms in total. The highest BCUT2D eigenvalue weighted by molar-refractivity contribution is 7.99. The van der Waals surface area contributed by atoms with Crippen LogP contribution in [0.2, 0.25) is 5.02 Å². The van der Waals surface area contributed by atoms with Crippen LogP contribution in [0.3, 0.4) is 0 Å². The zero-order valence-corrected chi connectivity index (χ0v) is 16.1. The second kappa shape index (κ2) is 7.25. The number of nitrogens with zero attached hydrogens (tertiary/aromatic N) is 2. The minimum atomic E-state index is -0.226. The average molecular weight is 401 g/mol. The summed E-state index contributed by atoms with van der Waals surface area (Å²) in [6.07, 6.45) is 0.258. The Kier molecular flexibility index (Phi) is 4.80. The fraction of sp³-hybridized carbons (Fsp3) is 0.211. The lowest BCUT2D eigenvalue weighted by molar-refractivity contribution is -0.117. The lowest BCUT2D eigenvalue weighted by atomic mass is 10.2. The van der Waals surface area contributed by atoms with E-state index in [9.17, 15) is 9.59 Å². The Hall–Kier alpha value is -2.51. The zero-order valence-electron chi connectivity index (χ0n) is 14.5. The molecule has 1 aliphatic rings. The van der Waals surface area contributed by atoms with Gasteiger partial charge in [0.05, 0.1) is 28.2 Å². The highest BCUT2D eigenvalue weighted by Crippen LogP contribution is 2.32. The second-order valence-electron chi connectivity index (χ2n) is 6.37. The number of benzene rings is 2. The van der Waals surface area contributed by atoms with Crippen LogP contribution in [0.25, 0.3) is 11.0 Å². The normalized spacial score (nSPS) is 16.7. The molecule has 0 aliphatic carbocycles. The van der Waals surface area contributed by atoms with Crippen molar-refractivity contribution in [3.8, 4) is 0 Å². The molecule has 138 valence electrons. The number of rotatable bonds is 3. The smallest absolute Gasteiger partial charge is 0.237 e. The van der Waals surface area contributed by atoms with Gasteiger partial charge in [-0.05, 0) is 37.3 Å². The summed E-state index contributed by atoms with van der Waals surface area (Å²) >= 11 is 7.33. The van der Waals surface area contributed by atoms with Crippen molar-refractivity contribution < 1.29 is 9.59 Å². The molecule has 2 N–H and O–H groups in total. The first-order valence-corrected chi connectivity index (χ1v) is 9.86. The summed E-state index contributed by atoms with van der Waals surface area (Å²) in [5.41, 5.74) is 3.01. The van der Waals surface area contributed by atoms with Crippen LogP contribution in [-0.4, -0.2) is 33.6 Å². The van der Waals surface area contributed by atoms with Crippen LogP contribution in [-0.2, 0) is 9.59 Å². The van der Waals surface area contributed by atoms with E-state index in [1.807, 2.05) is 37.3 Å². The summed E-state index contributed by atoms with van der Waals surface area (Å²) in [6.45, 7) is 1.88. The number of H-pyrrole nitrogens is 1. The summed E-state index contributed by atoms with van der Waals surface area (Å²) in [5.74, 6) is 0.0439. The van der Waals surface area contributed by atoms with Crippen LogP contribution in [0, 0.1) is 0 Å². The van der Waals surface area contributed by atoms with Gasteiger partial charge in [-0.15, -0.1) is 0 Å². The number of hydrogen-bond acceptors (Lipinski definition) is 4. The highest BCUT2D eigenvalue weighted by Gasteiger charge is 2.29. The topological polar surface area (TPSA) is 78.1 Å². The molecule has 4 rings (SSSR count). The molecule has 1 aromatic heterocycles. The van der Waals surface area contributed by atoms with E-state index in [0.717, 1.165) is 16.7 Å². The zero-order chi connectivity index (χ0) is 19.0. The van der Waals surface area contributed by atoms with Crippen molar-refractivity contribution in [2.45, 2.75) is 24.5 Å². The first kappa shape index (κ1) is 17.9. The third kappa shape index (κ3) is 3.65. The number of thioether (sulfide) groups is 1.